The van der Waals surface area contributed by atoms with Crippen molar-refractivity contribution in [2.45, 2.75) is 63.8 Å². The molecule has 1 saturated carbocycles. The number of ether oxygens (including phenoxy) is 1. The van der Waals surface area contributed by atoms with E-state index in [4.69, 9.17) is 10.5 Å². The molecule has 3 rings (SSSR count). The molecule has 0 spiro atoms. The van der Waals surface area contributed by atoms with Gasteiger partial charge in [0.15, 0.2) is 0 Å². The highest BCUT2D eigenvalue weighted by atomic mass is 16.5. The third-order valence-corrected chi connectivity index (χ3v) is 5.23. The molecule has 0 aromatic heterocycles. The molecule has 4 atom stereocenters. The molecule has 1 heterocycles. The van der Waals surface area contributed by atoms with Crippen LogP contribution in [-0.2, 0) is 20.9 Å². The van der Waals surface area contributed by atoms with Gasteiger partial charge in [-0.05, 0) is 37.7 Å². The van der Waals surface area contributed by atoms with Gasteiger partial charge in [0.2, 0.25) is 5.91 Å². The minimum atomic E-state index is -0.588. The molecule has 0 radical (unpaired) electrons. The van der Waals surface area contributed by atoms with Crippen molar-refractivity contribution in [1.29, 1.82) is 0 Å². The standard InChI is InChI=1S/C19H26N2O3/c1-13(20)18(22)21-16-10-6-5-9-15(16)11-17(21)19(23)24-12-14-7-3-2-4-8-14/h2-4,7-8,13,15-17H,5-6,9-12,20H2,1H3/t13?,15-,16-,17+/m1/s1. The molecule has 1 aromatic carbocycles. The largest absolute Gasteiger partial charge is 0.459 e. The van der Waals surface area contributed by atoms with Crippen LogP contribution in [0.15, 0.2) is 30.3 Å². The van der Waals surface area contributed by atoms with Gasteiger partial charge in [0.1, 0.15) is 12.6 Å². The Balaban J connectivity index is 1.71. The number of likely N-dealkylation sites (tertiary alicyclic amines) is 1. The van der Waals surface area contributed by atoms with E-state index in [1.54, 1.807) is 11.8 Å². The van der Waals surface area contributed by atoms with Crippen LogP contribution < -0.4 is 5.73 Å². The van der Waals surface area contributed by atoms with Gasteiger partial charge in [0, 0.05) is 6.04 Å². The van der Waals surface area contributed by atoms with Crippen molar-refractivity contribution in [3.8, 4) is 0 Å². The van der Waals surface area contributed by atoms with Crippen molar-refractivity contribution in [2.24, 2.45) is 11.7 Å². The summed E-state index contributed by atoms with van der Waals surface area (Å²) in [5.41, 5.74) is 6.77. The maximum absolute atomic E-state index is 12.6. The van der Waals surface area contributed by atoms with Crippen LogP contribution in [0, 0.1) is 5.92 Å². The zero-order chi connectivity index (χ0) is 17.1. The molecule has 1 saturated heterocycles. The lowest BCUT2D eigenvalue weighted by atomic mass is 9.84. The first-order chi connectivity index (χ1) is 11.6. The van der Waals surface area contributed by atoms with Gasteiger partial charge in [0.25, 0.3) is 0 Å². The Morgan fingerprint density at radius 2 is 1.96 bits per heavy atom. The van der Waals surface area contributed by atoms with E-state index in [1.807, 2.05) is 30.3 Å². The minimum absolute atomic E-state index is 0.133. The second-order valence-electron chi connectivity index (χ2n) is 6.99. The molecule has 0 bridgehead atoms. The van der Waals surface area contributed by atoms with Crippen molar-refractivity contribution >= 4 is 11.9 Å². The lowest BCUT2D eigenvalue weighted by Gasteiger charge is -2.34. The first-order valence-electron chi connectivity index (χ1n) is 8.86. The summed E-state index contributed by atoms with van der Waals surface area (Å²) in [4.78, 5) is 27.0. The molecular formula is C19H26N2O3. The highest BCUT2D eigenvalue weighted by Crippen LogP contribution is 2.40. The lowest BCUT2D eigenvalue weighted by Crippen LogP contribution is -2.52. The molecule has 24 heavy (non-hydrogen) atoms. The molecule has 2 N–H and O–H groups in total. The summed E-state index contributed by atoms with van der Waals surface area (Å²) < 4.78 is 5.50. The van der Waals surface area contributed by atoms with Crippen LogP contribution in [0.2, 0.25) is 0 Å². The summed E-state index contributed by atoms with van der Waals surface area (Å²) in [6.45, 7) is 1.93. The molecular weight excluding hydrogens is 304 g/mol. The molecule has 1 aromatic rings. The Labute approximate surface area is 143 Å². The lowest BCUT2D eigenvalue weighted by molar-refractivity contribution is -0.156. The number of benzene rings is 1. The summed E-state index contributed by atoms with van der Waals surface area (Å²) in [5.74, 6) is -0.0379. The molecule has 2 aliphatic rings. The van der Waals surface area contributed by atoms with Gasteiger partial charge in [-0.3, -0.25) is 4.79 Å². The van der Waals surface area contributed by atoms with Crippen molar-refractivity contribution in [2.75, 3.05) is 0 Å². The van der Waals surface area contributed by atoms with E-state index < -0.39 is 12.1 Å². The van der Waals surface area contributed by atoms with E-state index in [0.717, 1.165) is 24.8 Å². The van der Waals surface area contributed by atoms with Gasteiger partial charge < -0.3 is 15.4 Å². The Morgan fingerprint density at radius 3 is 2.67 bits per heavy atom. The number of rotatable bonds is 4. The van der Waals surface area contributed by atoms with Gasteiger partial charge in [-0.15, -0.1) is 0 Å². The first-order valence-corrected chi connectivity index (χ1v) is 8.86. The van der Waals surface area contributed by atoms with Crippen LogP contribution in [0.25, 0.3) is 0 Å². The van der Waals surface area contributed by atoms with Gasteiger partial charge in [-0.25, -0.2) is 4.79 Å². The summed E-state index contributed by atoms with van der Waals surface area (Å²) in [6, 6.07) is 8.68. The second kappa shape index (κ2) is 7.34. The summed E-state index contributed by atoms with van der Waals surface area (Å²) >= 11 is 0. The van der Waals surface area contributed by atoms with E-state index >= 15 is 0 Å². The fourth-order valence-corrected chi connectivity index (χ4v) is 4.05. The van der Waals surface area contributed by atoms with Crippen LogP contribution in [0.4, 0.5) is 0 Å². The number of carbonyl (C=O) groups is 2. The minimum Gasteiger partial charge on any atom is -0.459 e. The van der Waals surface area contributed by atoms with Gasteiger partial charge >= 0.3 is 5.97 Å². The van der Waals surface area contributed by atoms with Crippen molar-refractivity contribution in [3.63, 3.8) is 0 Å². The third-order valence-electron chi connectivity index (χ3n) is 5.23. The van der Waals surface area contributed by atoms with E-state index in [2.05, 4.69) is 0 Å². The number of hydrogen-bond donors (Lipinski definition) is 1. The fraction of sp³-hybridized carbons (Fsp3) is 0.579. The number of hydrogen-bond acceptors (Lipinski definition) is 4. The molecule has 1 aliphatic heterocycles. The monoisotopic (exact) mass is 330 g/mol. The van der Waals surface area contributed by atoms with Crippen LogP contribution >= 0.6 is 0 Å². The molecule has 5 nitrogen and oxygen atoms in total. The smallest absolute Gasteiger partial charge is 0.329 e. The number of fused-ring (bicyclic) bond motifs is 1. The Kier molecular flexibility index (Phi) is 5.19. The fourth-order valence-electron chi connectivity index (χ4n) is 4.05. The zero-order valence-corrected chi connectivity index (χ0v) is 14.2. The highest BCUT2D eigenvalue weighted by Gasteiger charge is 2.48. The Hall–Kier alpha value is -1.88. The van der Waals surface area contributed by atoms with Gasteiger partial charge in [-0.1, -0.05) is 43.2 Å². The quantitative estimate of drug-likeness (QED) is 0.859. The van der Waals surface area contributed by atoms with E-state index in [0.29, 0.717) is 12.3 Å². The summed E-state index contributed by atoms with van der Waals surface area (Å²) in [6.07, 6.45) is 5.03. The zero-order valence-electron chi connectivity index (χ0n) is 14.2. The SMILES string of the molecule is CC(N)C(=O)N1[C@@H]2CCCC[C@@H]2C[C@H]1C(=O)OCc1ccccc1. The molecule has 130 valence electrons. The van der Waals surface area contributed by atoms with E-state index in [-0.39, 0.29) is 24.5 Å². The number of amides is 1. The first kappa shape index (κ1) is 17.0. The van der Waals surface area contributed by atoms with E-state index in [1.165, 1.54) is 6.42 Å². The molecule has 2 fully saturated rings. The third kappa shape index (κ3) is 3.46. The maximum Gasteiger partial charge on any atom is 0.329 e. The molecule has 1 unspecified atom stereocenters. The number of carbonyl (C=O) groups excluding carboxylic acids is 2. The number of nitrogens with zero attached hydrogens (tertiary/aromatic N) is 1. The predicted molar refractivity (Wildman–Crippen MR) is 90.9 cm³/mol. The number of nitrogens with two attached hydrogens (primary N) is 1. The van der Waals surface area contributed by atoms with Gasteiger partial charge in [-0.2, -0.15) is 0 Å². The van der Waals surface area contributed by atoms with Crippen LogP contribution in [-0.4, -0.2) is 34.9 Å². The normalized spacial score (nSPS) is 27.4. The maximum atomic E-state index is 12.6. The Morgan fingerprint density at radius 1 is 1.25 bits per heavy atom. The average Bonchev–Trinajstić information content (AvgIpc) is 2.99. The van der Waals surface area contributed by atoms with Crippen molar-refractivity contribution in [1.82, 2.24) is 4.90 Å². The summed E-state index contributed by atoms with van der Waals surface area (Å²) in [5, 5.41) is 0. The van der Waals surface area contributed by atoms with Crippen molar-refractivity contribution in [3.05, 3.63) is 35.9 Å². The van der Waals surface area contributed by atoms with Gasteiger partial charge in [0.05, 0.1) is 6.04 Å². The van der Waals surface area contributed by atoms with Crippen LogP contribution in [0.1, 0.15) is 44.6 Å². The predicted octanol–water partition coefficient (Wildman–Crippen LogP) is 2.24. The van der Waals surface area contributed by atoms with E-state index in [9.17, 15) is 9.59 Å². The highest BCUT2D eigenvalue weighted by molar-refractivity contribution is 5.88. The average molecular weight is 330 g/mol. The topological polar surface area (TPSA) is 72.6 Å². The van der Waals surface area contributed by atoms with Crippen LogP contribution in [0.3, 0.4) is 0 Å². The summed E-state index contributed by atoms with van der Waals surface area (Å²) in [7, 11) is 0. The molecule has 1 amide bonds. The van der Waals surface area contributed by atoms with Crippen molar-refractivity contribution < 1.29 is 14.3 Å². The number of esters is 1. The molecule has 5 heteroatoms. The Bertz CT molecular complexity index is 588. The molecule has 1 aliphatic carbocycles. The van der Waals surface area contributed by atoms with Crippen LogP contribution in [0.5, 0.6) is 0 Å². The second-order valence-corrected chi connectivity index (χ2v) is 6.99.